The monoisotopic (exact) mass is 368 g/mol. The number of allylic oxidation sites excluding steroid dienone is 1. The molecular formula is C18H16N4OS2. The van der Waals surface area contributed by atoms with E-state index in [1.54, 1.807) is 6.08 Å². The van der Waals surface area contributed by atoms with Crippen LogP contribution in [0.15, 0.2) is 47.5 Å². The molecule has 5 nitrogen and oxygen atoms in total. The third-order valence-corrected chi connectivity index (χ3v) is 5.64. The lowest BCUT2D eigenvalue weighted by molar-refractivity contribution is -0.116. The van der Waals surface area contributed by atoms with Gasteiger partial charge in [0, 0.05) is 17.6 Å². The number of benzene rings is 1. The lowest BCUT2D eigenvalue weighted by Gasteiger charge is -2.07. The van der Waals surface area contributed by atoms with Gasteiger partial charge < -0.3 is 4.57 Å². The lowest BCUT2D eigenvalue weighted by Crippen LogP contribution is -2.13. The summed E-state index contributed by atoms with van der Waals surface area (Å²) >= 11 is 2.70. The van der Waals surface area contributed by atoms with Gasteiger partial charge in [0.15, 0.2) is 16.9 Å². The molecule has 0 spiro atoms. The van der Waals surface area contributed by atoms with Gasteiger partial charge in [-0.3, -0.25) is 4.79 Å². The highest BCUT2D eigenvalue weighted by Gasteiger charge is 2.24. The van der Waals surface area contributed by atoms with Gasteiger partial charge in [0.25, 0.3) is 0 Å². The number of carbonyl (C=O) groups is 1. The maximum atomic E-state index is 12.5. The predicted octanol–water partition coefficient (Wildman–Crippen LogP) is 3.96. The second-order valence-corrected chi connectivity index (χ2v) is 7.26. The number of ketones is 1. The second-order valence-electron chi connectivity index (χ2n) is 5.43. The quantitative estimate of drug-likeness (QED) is 0.466. The molecule has 0 aliphatic carbocycles. The minimum Gasteiger partial charge on any atom is -0.315 e. The van der Waals surface area contributed by atoms with E-state index in [-0.39, 0.29) is 11.5 Å². The van der Waals surface area contributed by atoms with Gasteiger partial charge in [-0.25, -0.2) is 9.97 Å². The fraction of sp³-hybridized carbons (Fsp3) is 0.222. The summed E-state index contributed by atoms with van der Waals surface area (Å²) in [6.07, 6.45) is 1.80. The van der Waals surface area contributed by atoms with Gasteiger partial charge in [0.1, 0.15) is 5.01 Å². The Morgan fingerprint density at radius 1 is 1.48 bits per heavy atom. The van der Waals surface area contributed by atoms with Crippen LogP contribution in [-0.2, 0) is 11.3 Å². The predicted molar refractivity (Wildman–Crippen MR) is 101 cm³/mol. The summed E-state index contributed by atoms with van der Waals surface area (Å²) < 4.78 is 2.02. The Bertz CT molecular complexity index is 967. The highest BCUT2D eigenvalue weighted by Crippen LogP contribution is 2.27. The fourth-order valence-corrected chi connectivity index (χ4v) is 4.25. The number of hydrogen-bond donors (Lipinski definition) is 0. The largest absolute Gasteiger partial charge is 0.315 e. The first-order chi connectivity index (χ1) is 12.1. The Balaban J connectivity index is 1.80. The average molecular weight is 368 g/mol. The van der Waals surface area contributed by atoms with Crippen LogP contribution < -0.4 is 0 Å². The number of para-hydroxylation sites is 2. The zero-order valence-corrected chi connectivity index (χ0v) is 15.3. The Kier molecular flexibility index (Phi) is 5.31. The number of Topliss-reactive ketones (excluding diaryl/α,β-unsaturated/α-hetero) is 1. The second kappa shape index (κ2) is 7.64. The summed E-state index contributed by atoms with van der Waals surface area (Å²) in [5, 5.41) is 12.5. The normalized spacial score (nSPS) is 12.0. The zero-order chi connectivity index (χ0) is 17.8. The van der Waals surface area contributed by atoms with E-state index in [0.29, 0.717) is 11.6 Å². The Morgan fingerprint density at radius 2 is 2.28 bits per heavy atom. The molecule has 2 aromatic heterocycles. The number of rotatable bonds is 7. The smallest absolute Gasteiger partial charge is 0.169 e. The number of thiazole rings is 1. The van der Waals surface area contributed by atoms with Crippen LogP contribution in [0.2, 0.25) is 0 Å². The van der Waals surface area contributed by atoms with Gasteiger partial charge in [-0.2, -0.15) is 5.26 Å². The molecule has 7 heteroatoms. The van der Waals surface area contributed by atoms with Crippen molar-refractivity contribution in [3.05, 3.63) is 53.0 Å². The molecule has 0 N–H and O–H groups in total. The SMILES string of the molecule is C=CCn1c(SCC(=O)[C@H](C#N)c2nc(C)cs2)nc2ccccc21. The van der Waals surface area contributed by atoms with Crippen LogP contribution >= 0.6 is 23.1 Å². The van der Waals surface area contributed by atoms with Crippen LogP contribution in [0.5, 0.6) is 0 Å². The molecule has 126 valence electrons. The maximum absolute atomic E-state index is 12.5. The molecule has 3 aromatic rings. The van der Waals surface area contributed by atoms with Crippen molar-refractivity contribution < 1.29 is 4.79 Å². The van der Waals surface area contributed by atoms with Crippen LogP contribution in [0.25, 0.3) is 11.0 Å². The van der Waals surface area contributed by atoms with Gasteiger partial charge in [0.2, 0.25) is 0 Å². The third-order valence-electron chi connectivity index (χ3n) is 3.61. The molecule has 3 rings (SSSR count). The number of fused-ring (bicyclic) bond motifs is 1. The van der Waals surface area contributed by atoms with Gasteiger partial charge in [-0.1, -0.05) is 30.0 Å². The van der Waals surface area contributed by atoms with Gasteiger partial charge in [-0.15, -0.1) is 17.9 Å². The minimum atomic E-state index is -0.816. The molecular weight excluding hydrogens is 352 g/mol. The van der Waals surface area contributed by atoms with Crippen molar-refractivity contribution in [1.82, 2.24) is 14.5 Å². The fourth-order valence-electron chi connectivity index (χ4n) is 2.46. The highest BCUT2D eigenvalue weighted by atomic mass is 32.2. The summed E-state index contributed by atoms with van der Waals surface area (Å²) in [6.45, 7) is 6.26. The molecule has 1 atom stereocenters. The van der Waals surface area contributed by atoms with Crippen LogP contribution in [0.3, 0.4) is 0 Å². The number of aromatic nitrogens is 3. The molecule has 25 heavy (non-hydrogen) atoms. The first-order valence-corrected chi connectivity index (χ1v) is 9.54. The number of aryl methyl sites for hydroxylation is 1. The summed E-state index contributed by atoms with van der Waals surface area (Å²) in [5.74, 6) is -0.792. The number of carbonyl (C=O) groups excluding carboxylic acids is 1. The standard InChI is InChI=1S/C18H16N4OS2/c1-3-8-22-15-7-5-4-6-14(15)21-18(22)25-11-16(23)13(9-19)17-20-12(2)10-24-17/h3-7,10,13H,1,8,11H2,2H3/t13-/m0/s1. The molecule has 2 heterocycles. The molecule has 0 amide bonds. The van der Waals surface area contributed by atoms with E-state index < -0.39 is 5.92 Å². The summed E-state index contributed by atoms with van der Waals surface area (Å²) in [4.78, 5) is 21.4. The van der Waals surface area contributed by atoms with E-state index in [0.717, 1.165) is 21.9 Å². The number of thioether (sulfide) groups is 1. The van der Waals surface area contributed by atoms with Crippen LogP contribution in [-0.4, -0.2) is 26.1 Å². The van der Waals surface area contributed by atoms with Crippen molar-refractivity contribution in [3.8, 4) is 6.07 Å². The summed E-state index contributed by atoms with van der Waals surface area (Å²) in [6, 6.07) is 9.90. The van der Waals surface area contributed by atoms with Gasteiger partial charge in [0.05, 0.1) is 22.9 Å². The van der Waals surface area contributed by atoms with Crippen molar-refractivity contribution in [2.45, 2.75) is 24.5 Å². The molecule has 0 bridgehead atoms. The van der Waals surface area contributed by atoms with E-state index in [2.05, 4.69) is 22.6 Å². The van der Waals surface area contributed by atoms with E-state index in [4.69, 9.17) is 0 Å². The van der Waals surface area contributed by atoms with Crippen LogP contribution in [0.4, 0.5) is 0 Å². The topological polar surface area (TPSA) is 71.6 Å². The third kappa shape index (κ3) is 3.65. The Morgan fingerprint density at radius 3 is 2.96 bits per heavy atom. The Hall–Kier alpha value is -2.43. The molecule has 0 aliphatic rings. The summed E-state index contributed by atoms with van der Waals surface area (Å²) in [7, 11) is 0. The average Bonchev–Trinajstić information content (AvgIpc) is 3.18. The van der Waals surface area contributed by atoms with Crippen molar-refractivity contribution in [2.24, 2.45) is 0 Å². The first kappa shape index (κ1) is 17.4. The Labute approximate surface area is 154 Å². The molecule has 0 saturated heterocycles. The number of hydrogen-bond acceptors (Lipinski definition) is 6. The molecule has 1 aromatic carbocycles. The highest BCUT2D eigenvalue weighted by molar-refractivity contribution is 7.99. The number of imidazole rings is 1. The van der Waals surface area contributed by atoms with Gasteiger partial charge >= 0.3 is 0 Å². The minimum absolute atomic E-state index is 0.154. The van der Waals surface area contributed by atoms with E-state index in [9.17, 15) is 10.1 Å². The molecule has 0 saturated carbocycles. The van der Waals surface area contributed by atoms with E-state index in [1.165, 1.54) is 23.1 Å². The molecule has 0 unspecified atom stereocenters. The summed E-state index contributed by atoms with van der Waals surface area (Å²) in [5.41, 5.74) is 2.71. The van der Waals surface area contributed by atoms with Crippen molar-refractivity contribution in [1.29, 1.82) is 5.26 Å². The molecule has 0 fully saturated rings. The van der Waals surface area contributed by atoms with E-state index in [1.807, 2.05) is 41.1 Å². The van der Waals surface area contributed by atoms with Crippen molar-refractivity contribution >= 4 is 39.9 Å². The molecule has 0 aliphatic heterocycles. The van der Waals surface area contributed by atoms with Gasteiger partial charge in [-0.05, 0) is 19.1 Å². The zero-order valence-electron chi connectivity index (χ0n) is 13.7. The molecule has 0 radical (unpaired) electrons. The van der Waals surface area contributed by atoms with Crippen molar-refractivity contribution in [3.63, 3.8) is 0 Å². The number of nitriles is 1. The first-order valence-electron chi connectivity index (χ1n) is 7.67. The van der Waals surface area contributed by atoms with Crippen LogP contribution in [0.1, 0.15) is 16.6 Å². The van der Waals surface area contributed by atoms with E-state index >= 15 is 0 Å². The van der Waals surface area contributed by atoms with Crippen LogP contribution in [0, 0.1) is 18.3 Å². The van der Waals surface area contributed by atoms with Crippen molar-refractivity contribution in [2.75, 3.05) is 5.75 Å². The maximum Gasteiger partial charge on any atom is 0.169 e. The lowest BCUT2D eigenvalue weighted by atomic mass is 10.1. The number of nitrogens with zero attached hydrogens (tertiary/aromatic N) is 4.